The molecule has 0 atom stereocenters. The Morgan fingerprint density at radius 1 is 1.00 bits per heavy atom. The molecule has 0 saturated carbocycles. The van der Waals surface area contributed by atoms with E-state index in [0.717, 1.165) is 0 Å². The van der Waals surface area contributed by atoms with Crippen molar-refractivity contribution in [1.82, 2.24) is 10.6 Å². The standard InChI is InChI=1S/C7H13NO2.C6H11NO2/c1-4-10-5-8-7(9)6(2)3;1-5(2)6(8)7-4-9-3/h2,4-5H2,1,3H3,(H,8,9);1,4H2,2-3H3,(H,7,8). The largest absolute Gasteiger partial charge is 0.364 e. The number of rotatable bonds is 7. The van der Waals surface area contributed by atoms with Crippen molar-refractivity contribution >= 4 is 11.8 Å². The van der Waals surface area contributed by atoms with E-state index < -0.39 is 0 Å². The van der Waals surface area contributed by atoms with E-state index >= 15 is 0 Å². The van der Waals surface area contributed by atoms with Gasteiger partial charge in [0.2, 0.25) is 11.8 Å². The maximum absolute atomic E-state index is 10.7. The minimum Gasteiger partial charge on any atom is -0.364 e. The van der Waals surface area contributed by atoms with Crippen LogP contribution in [0.1, 0.15) is 20.8 Å². The van der Waals surface area contributed by atoms with Gasteiger partial charge in [-0.2, -0.15) is 0 Å². The fourth-order valence-corrected chi connectivity index (χ4v) is 0.658. The highest BCUT2D eigenvalue weighted by Crippen LogP contribution is 1.84. The number of carbonyl (C=O) groups excluding carboxylic acids is 2. The lowest BCUT2D eigenvalue weighted by Crippen LogP contribution is -2.26. The molecule has 0 aromatic carbocycles. The smallest absolute Gasteiger partial charge is 0.248 e. The molecule has 0 aliphatic carbocycles. The van der Waals surface area contributed by atoms with Crippen molar-refractivity contribution in [3.05, 3.63) is 24.3 Å². The number of ether oxygens (including phenoxy) is 2. The SMILES string of the molecule is C=C(C)C(=O)NCOC.C=C(C)C(=O)NCOCC. The molecule has 0 saturated heterocycles. The van der Waals surface area contributed by atoms with Gasteiger partial charge >= 0.3 is 0 Å². The number of methoxy groups -OCH3 is 1. The Morgan fingerprint density at radius 3 is 1.74 bits per heavy atom. The molecule has 0 rings (SSSR count). The van der Waals surface area contributed by atoms with Gasteiger partial charge in [-0.15, -0.1) is 0 Å². The summed E-state index contributed by atoms with van der Waals surface area (Å²) < 4.78 is 9.47. The van der Waals surface area contributed by atoms with Crippen molar-refractivity contribution in [2.75, 3.05) is 27.2 Å². The second-order valence-corrected chi connectivity index (χ2v) is 3.64. The molecule has 0 aliphatic rings. The van der Waals surface area contributed by atoms with Gasteiger partial charge < -0.3 is 20.1 Å². The highest BCUT2D eigenvalue weighted by Gasteiger charge is 1.98. The lowest BCUT2D eigenvalue weighted by atomic mass is 10.3. The molecule has 0 heterocycles. The fraction of sp³-hybridized carbons (Fsp3) is 0.538. The molecule has 0 aliphatic heterocycles. The van der Waals surface area contributed by atoms with E-state index in [9.17, 15) is 9.59 Å². The van der Waals surface area contributed by atoms with Crippen molar-refractivity contribution in [2.24, 2.45) is 0 Å². The maximum atomic E-state index is 10.7. The summed E-state index contributed by atoms with van der Waals surface area (Å²) in [5.74, 6) is -0.328. The first-order valence-electron chi connectivity index (χ1n) is 5.80. The third-order valence-electron chi connectivity index (χ3n) is 1.69. The molecule has 6 nitrogen and oxygen atoms in total. The predicted molar refractivity (Wildman–Crippen MR) is 74.3 cm³/mol. The van der Waals surface area contributed by atoms with Gasteiger partial charge in [0.1, 0.15) is 13.5 Å². The molecule has 0 aromatic rings. The first-order valence-corrected chi connectivity index (χ1v) is 5.80. The monoisotopic (exact) mass is 272 g/mol. The van der Waals surface area contributed by atoms with Gasteiger partial charge in [-0.1, -0.05) is 13.2 Å². The summed E-state index contributed by atoms with van der Waals surface area (Å²) in [4.78, 5) is 21.3. The molecule has 2 amide bonds. The van der Waals surface area contributed by atoms with Crippen LogP contribution < -0.4 is 10.6 Å². The maximum Gasteiger partial charge on any atom is 0.248 e. The summed E-state index contributed by atoms with van der Waals surface area (Å²) in [5, 5.41) is 4.99. The van der Waals surface area contributed by atoms with Gasteiger partial charge in [0.15, 0.2) is 0 Å². The minimum absolute atomic E-state index is 0.159. The fourth-order valence-electron chi connectivity index (χ4n) is 0.658. The molecule has 110 valence electrons. The molecular weight excluding hydrogens is 248 g/mol. The zero-order valence-corrected chi connectivity index (χ0v) is 12.2. The third kappa shape index (κ3) is 14.3. The van der Waals surface area contributed by atoms with Crippen LogP contribution in [0.4, 0.5) is 0 Å². The Kier molecular flexibility index (Phi) is 13.2. The van der Waals surface area contributed by atoms with E-state index in [0.29, 0.717) is 17.8 Å². The summed E-state index contributed by atoms with van der Waals surface area (Å²) in [6.45, 7) is 13.2. The van der Waals surface area contributed by atoms with Crippen LogP contribution in [-0.2, 0) is 19.1 Å². The second-order valence-electron chi connectivity index (χ2n) is 3.64. The van der Waals surface area contributed by atoms with Crippen molar-refractivity contribution in [3.8, 4) is 0 Å². The van der Waals surface area contributed by atoms with Crippen LogP contribution in [-0.4, -0.2) is 39.0 Å². The van der Waals surface area contributed by atoms with Crippen LogP contribution in [0.25, 0.3) is 0 Å². The molecule has 0 spiro atoms. The van der Waals surface area contributed by atoms with E-state index in [2.05, 4.69) is 28.5 Å². The number of hydrogen-bond donors (Lipinski definition) is 2. The molecule has 19 heavy (non-hydrogen) atoms. The Morgan fingerprint density at radius 2 is 1.42 bits per heavy atom. The zero-order chi connectivity index (χ0) is 15.3. The van der Waals surface area contributed by atoms with Crippen LogP contribution in [0, 0.1) is 0 Å². The molecule has 0 unspecified atom stereocenters. The average molecular weight is 272 g/mol. The predicted octanol–water partition coefficient (Wildman–Crippen LogP) is 0.955. The Labute approximate surface area is 114 Å². The van der Waals surface area contributed by atoms with Crippen LogP contribution in [0.2, 0.25) is 0 Å². The van der Waals surface area contributed by atoms with E-state index in [1.54, 1.807) is 13.8 Å². The van der Waals surface area contributed by atoms with Crippen molar-refractivity contribution < 1.29 is 19.1 Å². The van der Waals surface area contributed by atoms with Gasteiger partial charge in [-0.25, -0.2) is 0 Å². The summed E-state index contributed by atoms with van der Waals surface area (Å²) in [5.41, 5.74) is 0.992. The van der Waals surface area contributed by atoms with Crippen LogP contribution in [0.3, 0.4) is 0 Å². The highest BCUT2D eigenvalue weighted by molar-refractivity contribution is 5.92. The number of hydrogen-bond acceptors (Lipinski definition) is 4. The van der Waals surface area contributed by atoms with Gasteiger partial charge in [-0.3, -0.25) is 9.59 Å². The quantitative estimate of drug-likeness (QED) is 0.411. The molecule has 0 fully saturated rings. The second kappa shape index (κ2) is 12.8. The third-order valence-corrected chi connectivity index (χ3v) is 1.69. The Bertz CT molecular complexity index is 314. The Hall–Kier alpha value is -1.66. The molecule has 6 heteroatoms. The number of carbonyl (C=O) groups is 2. The summed E-state index contributed by atoms with van der Waals surface area (Å²) in [6.07, 6.45) is 0. The molecule has 0 radical (unpaired) electrons. The topological polar surface area (TPSA) is 76.7 Å². The van der Waals surface area contributed by atoms with Gasteiger partial charge in [-0.05, 0) is 20.8 Å². The van der Waals surface area contributed by atoms with Gasteiger partial charge in [0.25, 0.3) is 0 Å². The van der Waals surface area contributed by atoms with E-state index in [1.807, 2.05) is 6.92 Å². The zero-order valence-electron chi connectivity index (χ0n) is 12.2. The normalized spacial score (nSPS) is 8.84. The van der Waals surface area contributed by atoms with Crippen LogP contribution >= 0.6 is 0 Å². The first-order chi connectivity index (χ1) is 8.86. The van der Waals surface area contributed by atoms with Crippen molar-refractivity contribution in [1.29, 1.82) is 0 Å². The summed E-state index contributed by atoms with van der Waals surface area (Å²) in [7, 11) is 1.51. The van der Waals surface area contributed by atoms with Crippen molar-refractivity contribution in [3.63, 3.8) is 0 Å². The van der Waals surface area contributed by atoms with E-state index in [-0.39, 0.29) is 25.3 Å². The number of nitrogens with one attached hydrogen (secondary N) is 2. The molecular formula is C13H24N2O4. The van der Waals surface area contributed by atoms with Gasteiger partial charge in [0, 0.05) is 24.9 Å². The minimum atomic E-state index is -0.170. The molecule has 2 N–H and O–H groups in total. The number of amides is 2. The molecule has 0 aromatic heterocycles. The van der Waals surface area contributed by atoms with Crippen LogP contribution in [0.15, 0.2) is 24.3 Å². The highest BCUT2D eigenvalue weighted by atomic mass is 16.5. The van der Waals surface area contributed by atoms with Crippen LogP contribution in [0.5, 0.6) is 0 Å². The average Bonchev–Trinajstić information content (AvgIpc) is 2.36. The molecule has 0 bridgehead atoms. The van der Waals surface area contributed by atoms with Crippen molar-refractivity contribution in [2.45, 2.75) is 20.8 Å². The lowest BCUT2D eigenvalue weighted by molar-refractivity contribution is -0.119. The van der Waals surface area contributed by atoms with E-state index in [4.69, 9.17) is 4.74 Å². The lowest BCUT2D eigenvalue weighted by Gasteiger charge is -2.02. The summed E-state index contributed by atoms with van der Waals surface area (Å²) in [6, 6.07) is 0. The van der Waals surface area contributed by atoms with E-state index in [1.165, 1.54) is 7.11 Å². The Balaban J connectivity index is 0. The first kappa shape index (κ1) is 19.7. The van der Waals surface area contributed by atoms with Gasteiger partial charge in [0.05, 0.1) is 0 Å². The summed E-state index contributed by atoms with van der Waals surface area (Å²) >= 11 is 0.